The number of rotatable bonds is 17. The summed E-state index contributed by atoms with van der Waals surface area (Å²) in [7, 11) is 0. The van der Waals surface area contributed by atoms with Crippen LogP contribution in [0.25, 0.3) is 0 Å². The van der Waals surface area contributed by atoms with Crippen LogP contribution in [0.1, 0.15) is 110 Å². The smallest absolute Gasteiger partial charge is 0.305 e. The second kappa shape index (κ2) is 17.8. The van der Waals surface area contributed by atoms with Gasteiger partial charge < -0.3 is 9.84 Å². The van der Waals surface area contributed by atoms with Gasteiger partial charge in [0.1, 0.15) is 0 Å². The van der Waals surface area contributed by atoms with Crippen LogP contribution in [-0.2, 0) is 9.53 Å². The van der Waals surface area contributed by atoms with E-state index < -0.39 is 0 Å². The van der Waals surface area contributed by atoms with Crippen LogP contribution in [0.15, 0.2) is 0 Å². The van der Waals surface area contributed by atoms with Crippen LogP contribution in [0.3, 0.4) is 0 Å². The summed E-state index contributed by atoms with van der Waals surface area (Å²) in [5.41, 5.74) is 0. The SMILES string of the molecule is CCCCCCCCCCCCC(O)CCCCC(=O)OCC. The number of ether oxygens (including phenoxy) is 1. The van der Waals surface area contributed by atoms with E-state index in [1.807, 2.05) is 6.92 Å². The average Bonchev–Trinajstić information content (AvgIpc) is 2.53. The maximum absolute atomic E-state index is 11.2. The number of aliphatic hydroxyl groups excluding tert-OH is 1. The molecule has 0 bridgehead atoms. The highest BCUT2D eigenvalue weighted by Gasteiger charge is 2.06. The number of carbonyl (C=O) groups is 1. The van der Waals surface area contributed by atoms with Gasteiger partial charge in [0.25, 0.3) is 0 Å². The summed E-state index contributed by atoms with van der Waals surface area (Å²) in [5, 5.41) is 9.92. The summed E-state index contributed by atoms with van der Waals surface area (Å²) in [5.74, 6) is -0.114. The highest BCUT2D eigenvalue weighted by molar-refractivity contribution is 5.69. The molecule has 0 rings (SSSR count). The van der Waals surface area contributed by atoms with E-state index in [0.29, 0.717) is 13.0 Å². The lowest BCUT2D eigenvalue weighted by Crippen LogP contribution is -2.07. The van der Waals surface area contributed by atoms with Crippen LogP contribution >= 0.6 is 0 Å². The molecule has 0 aliphatic carbocycles. The number of carbonyl (C=O) groups excluding carboxylic acids is 1. The van der Waals surface area contributed by atoms with Gasteiger partial charge in [0.15, 0.2) is 0 Å². The van der Waals surface area contributed by atoms with Crippen LogP contribution in [0, 0.1) is 0 Å². The number of hydrogen-bond donors (Lipinski definition) is 1. The van der Waals surface area contributed by atoms with Crippen molar-refractivity contribution in [2.24, 2.45) is 0 Å². The summed E-state index contributed by atoms with van der Waals surface area (Å²) in [6, 6.07) is 0. The minimum absolute atomic E-state index is 0.114. The van der Waals surface area contributed by atoms with E-state index in [0.717, 1.165) is 32.1 Å². The first-order valence-electron chi connectivity index (χ1n) is 10.0. The van der Waals surface area contributed by atoms with Crippen molar-refractivity contribution in [2.45, 2.75) is 116 Å². The zero-order valence-corrected chi connectivity index (χ0v) is 15.7. The molecule has 1 unspecified atom stereocenters. The van der Waals surface area contributed by atoms with Gasteiger partial charge in [-0.3, -0.25) is 4.79 Å². The van der Waals surface area contributed by atoms with Crippen molar-refractivity contribution in [3.8, 4) is 0 Å². The summed E-state index contributed by atoms with van der Waals surface area (Å²) < 4.78 is 4.89. The second-order valence-electron chi connectivity index (χ2n) is 6.68. The Bertz CT molecular complexity index is 253. The maximum Gasteiger partial charge on any atom is 0.305 e. The zero-order valence-electron chi connectivity index (χ0n) is 15.7. The fourth-order valence-electron chi connectivity index (χ4n) is 2.89. The normalized spacial score (nSPS) is 12.3. The van der Waals surface area contributed by atoms with Gasteiger partial charge in [-0.1, -0.05) is 77.6 Å². The Morgan fingerprint density at radius 2 is 1.26 bits per heavy atom. The molecule has 0 aromatic heterocycles. The van der Waals surface area contributed by atoms with Gasteiger partial charge in [-0.15, -0.1) is 0 Å². The second-order valence-corrected chi connectivity index (χ2v) is 6.68. The zero-order chi connectivity index (χ0) is 17.2. The molecule has 3 heteroatoms. The lowest BCUT2D eigenvalue weighted by atomic mass is 10.0. The maximum atomic E-state index is 11.2. The van der Waals surface area contributed by atoms with E-state index in [1.165, 1.54) is 57.8 Å². The van der Waals surface area contributed by atoms with Gasteiger partial charge >= 0.3 is 5.97 Å². The van der Waals surface area contributed by atoms with Crippen LogP contribution < -0.4 is 0 Å². The highest BCUT2D eigenvalue weighted by Crippen LogP contribution is 2.14. The molecular formula is C20H40O3. The summed E-state index contributed by atoms with van der Waals surface area (Å²) in [6.07, 6.45) is 17.1. The number of esters is 1. The third-order valence-corrected chi connectivity index (χ3v) is 4.36. The first-order valence-corrected chi connectivity index (χ1v) is 10.0. The van der Waals surface area contributed by atoms with Crippen LogP contribution in [-0.4, -0.2) is 23.8 Å². The van der Waals surface area contributed by atoms with Gasteiger partial charge in [-0.25, -0.2) is 0 Å². The van der Waals surface area contributed by atoms with Gasteiger partial charge in [0, 0.05) is 6.42 Å². The van der Waals surface area contributed by atoms with E-state index in [-0.39, 0.29) is 12.1 Å². The largest absolute Gasteiger partial charge is 0.466 e. The minimum atomic E-state index is -0.189. The van der Waals surface area contributed by atoms with E-state index in [4.69, 9.17) is 4.74 Å². The first kappa shape index (κ1) is 22.4. The monoisotopic (exact) mass is 328 g/mol. The van der Waals surface area contributed by atoms with Gasteiger partial charge in [-0.05, 0) is 26.2 Å². The quantitative estimate of drug-likeness (QED) is 0.272. The van der Waals surface area contributed by atoms with Crippen molar-refractivity contribution in [3.63, 3.8) is 0 Å². The molecule has 0 heterocycles. The number of unbranched alkanes of at least 4 members (excludes halogenated alkanes) is 10. The molecule has 3 nitrogen and oxygen atoms in total. The standard InChI is InChI=1S/C20H40O3/c1-3-5-6-7-8-9-10-11-12-13-16-19(21)17-14-15-18-20(22)23-4-2/h19,21H,3-18H2,1-2H3. The molecule has 0 aliphatic heterocycles. The van der Waals surface area contributed by atoms with Crippen molar-refractivity contribution in [2.75, 3.05) is 6.61 Å². The molecule has 1 atom stereocenters. The highest BCUT2D eigenvalue weighted by atomic mass is 16.5. The summed E-state index contributed by atoms with van der Waals surface area (Å²) in [6.45, 7) is 4.54. The van der Waals surface area contributed by atoms with Crippen LogP contribution in [0.4, 0.5) is 0 Å². The van der Waals surface area contributed by atoms with Gasteiger partial charge in [-0.2, -0.15) is 0 Å². The van der Waals surface area contributed by atoms with Crippen LogP contribution in [0.5, 0.6) is 0 Å². The molecule has 0 aromatic carbocycles. The molecule has 0 aliphatic rings. The first-order chi connectivity index (χ1) is 11.2. The third kappa shape index (κ3) is 17.6. The lowest BCUT2D eigenvalue weighted by Gasteiger charge is -2.10. The Morgan fingerprint density at radius 1 is 0.783 bits per heavy atom. The van der Waals surface area contributed by atoms with Crippen molar-refractivity contribution in [3.05, 3.63) is 0 Å². The molecule has 0 fully saturated rings. The third-order valence-electron chi connectivity index (χ3n) is 4.36. The Balaban J connectivity index is 3.21. The molecular weight excluding hydrogens is 288 g/mol. The topological polar surface area (TPSA) is 46.5 Å². The Morgan fingerprint density at radius 3 is 1.78 bits per heavy atom. The van der Waals surface area contributed by atoms with E-state index in [9.17, 15) is 9.90 Å². The molecule has 0 spiro atoms. The molecule has 23 heavy (non-hydrogen) atoms. The fraction of sp³-hybridized carbons (Fsp3) is 0.950. The number of hydrogen-bond acceptors (Lipinski definition) is 3. The van der Waals surface area contributed by atoms with E-state index in [1.54, 1.807) is 0 Å². The fourth-order valence-corrected chi connectivity index (χ4v) is 2.89. The minimum Gasteiger partial charge on any atom is -0.466 e. The molecule has 0 saturated carbocycles. The summed E-state index contributed by atoms with van der Waals surface area (Å²) >= 11 is 0. The Hall–Kier alpha value is -0.570. The van der Waals surface area contributed by atoms with E-state index >= 15 is 0 Å². The average molecular weight is 329 g/mol. The molecule has 0 radical (unpaired) electrons. The van der Waals surface area contributed by atoms with E-state index in [2.05, 4.69) is 6.92 Å². The van der Waals surface area contributed by atoms with Crippen LogP contribution in [0.2, 0.25) is 0 Å². The van der Waals surface area contributed by atoms with Crippen molar-refractivity contribution in [1.29, 1.82) is 0 Å². The van der Waals surface area contributed by atoms with Crippen molar-refractivity contribution < 1.29 is 14.6 Å². The van der Waals surface area contributed by atoms with Gasteiger partial charge in [0.05, 0.1) is 12.7 Å². The Kier molecular flexibility index (Phi) is 17.3. The summed E-state index contributed by atoms with van der Waals surface area (Å²) in [4.78, 5) is 11.2. The van der Waals surface area contributed by atoms with Crippen molar-refractivity contribution >= 4 is 5.97 Å². The molecule has 0 saturated heterocycles. The number of aliphatic hydroxyl groups is 1. The molecule has 1 N–H and O–H groups in total. The predicted octanol–water partition coefficient (Wildman–Crippen LogP) is 5.78. The molecule has 138 valence electrons. The lowest BCUT2D eigenvalue weighted by molar-refractivity contribution is -0.143. The molecule has 0 amide bonds. The Labute approximate surface area is 144 Å². The van der Waals surface area contributed by atoms with Gasteiger partial charge in [0.2, 0.25) is 0 Å². The van der Waals surface area contributed by atoms with Crippen molar-refractivity contribution in [1.82, 2.24) is 0 Å². The molecule has 0 aromatic rings. The predicted molar refractivity (Wildman–Crippen MR) is 97.6 cm³/mol.